The van der Waals surface area contributed by atoms with Gasteiger partial charge in [-0.25, -0.2) is 4.99 Å². The molecule has 0 fully saturated rings. The first kappa shape index (κ1) is 22.5. The third kappa shape index (κ3) is 5.48. The van der Waals surface area contributed by atoms with E-state index >= 15 is 0 Å². The van der Waals surface area contributed by atoms with E-state index in [2.05, 4.69) is 22.6 Å². The highest BCUT2D eigenvalue weighted by molar-refractivity contribution is 7.80. The monoisotopic (exact) mass is 443 g/mol. The maximum Gasteiger partial charge on any atom is 0.297 e. The molecular weight excluding hydrogens is 422 g/mol. The lowest BCUT2D eigenvalue weighted by Gasteiger charge is -2.22. The Kier molecular flexibility index (Phi) is 7.52. The number of thiocarbonyl (C=S) groups is 1. The molecule has 0 saturated carbocycles. The van der Waals surface area contributed by atoms with Gasteiger partial charge in [0.2, 0.25) is 0 Å². The molecule has 0 unspecified atom stereocenters. The minimum absolute atomic E-state index is 0.0394. The second-order valence-electron chi connectivity index (χ2n) is 6.84. The van der Waals surface area contributed by atoms with Crippen molar-refractivity contribution in [2.24, 2.45) is 10.7 Å². The average Bonchev–Trinajstić information content (AvgIpc) is 3.10. The molecule has 1 aliphatic rings. The summed E-state index contributed by atoms with van der Waals surface area (Å²) in [7, 11) is 0. The van der Waals surface area contributed by atoms with E-state index in [0.29, 0.717) is 31.8 Å². The van der Waals surface area contributed by atoms with Crippen molar-refractivity contribution in [2.45, 2.75) is 12.8 Å². The molecule has 0 aromatic heterocycles. The quantitative estimate of drug-likeness (QED) is 0.475. The number of benzene rings is 2. The van der Waals surface area contributed by atoms with Crippen molar-refractivity contribution in [2.75, 3.05) is 18.0 Å². The van der Waals surface area contributed by atoms with Crippen LogP contribution in [0.5, 0.6) is 0 Å². The number of hydrazine groups is 1. The molecule has 9 heteroatoms. The van der Waals surface area contributed by atoms with Gasteiger partial charge in [-0.2, -0.15) is 15.5 Å². The van der Waals surface area contributed by atoms with E-state index in [1.54, 1.807) is 6.08 Å². The van der Waals surface area contributed by atoms with Crippen LogP contribution in [-0.2, 0) is 4.79 Å². The van der Waals surface area contributed by atoms with Crippen molar-refractivity contribution in [3.05, 3.63) is 71.4 Å². The number of rotatable bonds is 8. The fourth-order valence-electron chi connectivity index (χ4n) is 3.19. The molecule has 0 saturated heterocycles. The fourth-order valence-corrected chi connectivity index (χ4v) is 3.28. The number of aliphatic imine (C=N–C) groups is 1. The van der Waals surface area contributed by atoms with Crippen LogP contribution in [0.25, 0.3) is 6.08 Å². The van der Waals surface area contributed by atoms with Crippen LogP contribution < -0.4 is 16.1 Å². The number of hydrogen-bond acceptors (Lipinski definition) is 6. The second kappa shape index (κ2) is 10.7. The molecular formula is C23H21N7OS. The SMILES string of the molecule is N#CCCN(CCC#N)c1ccc(/C=C2\N=C(c3ccccc3)N(NC(N)=S)C2=O)cc1. The van der Waals surface area contributed by atoms with E-state index in [1.165, 1.54) is 5.01 Å². The molecule has 0 bridgehead atoms. The lowest BCUT2D eigenvalue weighted by atomic mass is 10.1. The van der Waals surface area contributed by atoms with E-state index in [4.69, 9.17) is 28.5 Å². The number of nitrogens with zero attached hydrogens (tertiary/aromatic N) is 5. The van der Waals surface area contributed by atoms with Gasteiger partial charge in [-0.3, -0.25) is 10.2 Å². The van der Waals surface area contributed by atoms with Crippen molar-refractivity contribution in [1.29, 1.82) is 10.5 Å². The molecule has 1 heterocycles. The first-order valence-corrected chi connectivity index (χ1v) is 10.3. The fraction of sp³-hybridized carbons (Fsp3) is 0.174. The number of anilines is 1. The lowest BCUT2D eigenvalue weighted by Crippen LogP contribution is -2.49. The predicted octanol–water partition coefficient (Wildman–Crippen LogP) is 2.70. The zero-order chi connectivity index (χ0) is 22.9. The molecule has 0 aliphatic carbocycles. The summed E-state index contributed by atoms with van der Waals surface area (Å²) in [6, 6.07) is 21.0. The number of carbonyl (C=O) groups excluding carboxylic acids is 1. The van der Waals surface area contributed by atoms with Gasteiger partial charge < -0.3 is 10.6 Å². The van der Waals surface area contributed by atoms with Crippen LogP contribution in [0.15, 0.2) is 65.3 Å². The topological polar surface area (TPSA) is 122 Å². The van der Waals surface area contributed by atoms with Crippen molar-refractivity contribution in [1.82, 2.24) is 10.4 Å². The number of amidine groups is 1. The molecule has 3 rings (SSSR count). The number of nitrogens with one attached hydrogen (secondary N) is 1. The Morgan fingerprint density at radius 2 is 1.72 bits per heavy atom. The van der Waals surface area contributed by atoms with Crippen molar-refractivity contribution < 1.29 is 4.79 Å². The molecule has 1 amide bonds. The first-order valence-electron chi connectivity index (χ1n) is 9.88. The normalized spacial score (nSPS) is 13.9. The molecule has 8 nitrogen and oxygen atoms in total. The van der Waals surface area contributed by atoms with Gasteiger partial charge in [0.05, 0.1) is 25.0 Å². The van der Waals surface area contributed by atoms with E-state index < -0.39 is 0 Å². The number of nitriles is 2. The van der Waals surface area contributed by atoms with Crippen molar-refractivity contribution in [3.8, 4) is 12.1 Å². The van der Waals surface area contributed by atoms with Gasteiger partial charge in [0, 0.05) is 24.3 Å². The van der Waals surface area contributed by atoms with Gasteiger partial charge >= 0.3 is 0 Å². The highest BCUT2D eigenvalue weighted by Gasteiger charge is 2.31. The summed E-state index contributed by atoms with van der Waals surface area (Å²) in [4.78, 5) is 19.4. The van der Waals surface area contributed by atoms with Crippen molar-refractivity contribution in [3.63, 3.8) is 0 Å². The Bertz CT molecular complexity index is 1110. The summed E-state index contributed by atoms with van der Waals surface area (Å²) in [5.41, 5.74) is 10.9. The Labute approximate surface area is 191 Å². The van der Waals surface area contributed by atoms with Gasteiger partial charge in [0.15, 0.2) is 10.9 Å². The zero-order valence-corrected chi connectivity index (χ0v) is 18.0. The number of hydrogen-bond donors (Lipinski definition) is 2. The summed E-state index contributed by atoms with van der Waals surface area (Å²) >= 11 is 4.91. The molecule has 0 spiro atoms. The first-order chi connectivity index (χ1) is 15.5. The van der Waals surface area contributed by atoms with Gasteiger partial charge in [-0.05, 0) is 36.0 Å². The Hall–Kier alpha value is -4.21. The smallest absolute Gasteiger partial charge is 0.297 e. The molecule has 2 aromatic rings. The van der Waals surface area contributed by atoms with Crippen LogP contribution in [-0.4, -0.2) is 35.0 Å². The highest BCUT2D eigenvalue weighted by Crippen LogP contribution is 2.22. The minimum atomic E-state index is -0.370. The molecule has 32 heavy (non-hydrogen) atoms. The van der Waals surface area contributed by atoms with Gasteiger partial charge in [-0.1, -0.05) is 42.5 Å². The summed E-state index contributed by atoms with van der Waals surface area (Å²) in [5.74, 6) is 0.0378. The number of nitrogens with two attached hydrogens (primary N) is 1. The third-order valence-corrected chi connectivity index (χ3v) is 4.75. The lowest BCUT2D eigenvalue weighted by molar-refractivity contribution is -0.123. The zero-order valence-electron chi connectivity index (χ0n) is 17.2. The van der Waals surface area contributed by atoms with E-state index in [-0.39, 0.29) is 16.7 Å². The summed E-state index contributed by atoms with van der Waals surface area (Å²) in [6.07, 6.45) is 2.42. The largest absolute Gasteiger partial charge is 0.375 e. The number of amides is 1. The van der Waals surface area contributed by atoms with Crippen LogP contribution in [0, 0.1) is 22.7 Å². The molecule has 2 aromatic carbocycles. The summed E-state index contributed by atoms with van der Waals surface area (Å²) in [6.45, 7) is 1.09. The maximum atomic E-state index is 12.9. The predicted molar refractivity (Wildman–Crippen MR) is 127 cm³/mol. The molecule has 0 radical (unpaired) electrons. The Morgan fingerprint density at radius 3 is 2.28 bits per heavy atom. The van der Waals surface area contributed by atoms with Gasteiger partial charge in [0.25, 0.3) is 5.91 Å². The summed E-state index contributed by atoms with van der Waals surface area (Å²) in [5, 5.41) is 19.0. The van der Waals surface area contributed by atoms with Crippen LogP contribution in [0.3, 0.4) is 0 Å². The van der Waals surface area contributed by atoms with Crippen LogP contribution in [0.2, 0.25) is 0 Å². The van der Waals surface area contributed by atoms with Gasteiger partial charge in [-0.15, -0.1) is 0 Å². The van der Waals surface area contributed by atoms with Crippen LogP contribution in [0.1, 0.15) is 24.0 Å². The highest BCUT2D eigenvalue weighted by atomic mass is 32.1. The van der Waals surface area contributed by atoms with Gasteiger partial charge in [0.1, 0.15) is 5.70 Å². The average molecular weight is 444 g/mol. The summed E-state index contributed by atoms with van der Waals surface area (Å²) < 4.78 is 0. The Morgan fingerprint density at radius 1 is 1.09 bits per heavy atom. The molecule has 160 valence electrons. The van der Waals surface area contributed by atoms with Crippen LogP contribution in [0.4, 0.5) is 5.69 Å². The maximum absolute atomic E-state index is 12.9. The second-order valence-corrected chi connectivity index (χ2v) is 7.28. The van der Waals surface area contributed by atoms with E-state index in [0.717, 1.165) is 16.8 Å². The standard InChI is InChI=1S/C23H21N7OS/c24-12-4-14-29(15-5-13-25)19-10-8-17(9-11-19)16-20-22(31)30(28-23(26)32)21(27-20)18-6-2-1-3-7-18/h1-3,6-11,16H,4-5,14-15H2,(H3,26,28,32)/b20-16-. The minimum Gasteiger partial charge on any atom is -0.375 e. The van der Waals surface area contributed by atoms with Crippen LogP contribution >= 0.6 is 12.2 Å². The molecule has 0 atom stereocenters. The van der Waals surface area contributed by atoms with E-state index in [1.807, 2.05) is 59.5 Å². The number of carbonyl (C=O) groups is 1. The van der Waals surface area contributed by atoms with Crippen molar-refractivity contribution >= 4 is 40.8 Å². The van der Waals surface area contributed by atoms with E-state index in [9.17, 15) is 4.79 Å². The molecule has 3 N–H and O–H groups in total. The third-order valence-electron chi connectivity index (χ3n) is 4.66. The Balaban J connectivity index is 1.87. The molecule has 1 aliphatic heterocycles.